The number of hydrogen-bond donors (Lipinski definition) is 1. The molecule has 0 fully saturated rings. The molecule has 1 aromatic rings. The maximum absolute atomic E-state index is 12.0. The Hall–Kier alpha value is -1.88. The molecule has 0 saturated carbocycles. The molecule has 5 heteroatoms. The van der Waals surface area contributed by atoms with Gasteiger partial charge in [0.2, 0.25) is 5.91 Å². The zero-order chi connectivity index (χ0) is 16.6. The SMILES string of the molecule is COC(=O)[C@H](Cc1ccccc1)NC(=O)C=CC[Si](C)(C)C. The fraction of sp³-hybridized carbons (Fsp3) is 0.412. The number of allylic oxidation sites excluding steroid dienone is 1. The minimum atomic E-state index is -1.21. The lowest BCUT2D eigenvalue weighted by Gasteiger charge is -2.16. The van der Waals surface area contributed by atoms with Gasteiger partial charge in [0, 0.05) is 14.5 Å². The Labute approximate surface area is 133 Å². The molecule has 1 N–H and O–H groups in total. The van der Waals surface area contributed by atoms with E-state index >= 15 is 0 Å². The van der Waals surface area contributed by atoms with Crippen LogP contribution in [0.15, 0.2) is 42.5 Å². The predicted octanol–water partition coefficient (Wildman–Crippen LogP) is 2.78. The Bertz CT molecular complexity index is 520. The highest BCUT2D eigenvalue weighted by Crippen LogP contribution is 2.08. The number of ether oxygens (including phenoxy) is 1. The molecule has 0 unspecified atom stereocenters. The standard InChI is InChI=1S/C17H25NO3Si/c1-21-17(20)15(13-14-9-6-5-7-10-14)18-16(19)11-8-12-22(2,3)4/h5-11,15H,12-13H2,1-4H3,(H,18,19)/t15-/m0/s1. The van der Waals surface area contributed by atoms with E-state index in [-0.39, 0.29) is 5.91 Å². The van der Waals surface area contributed by atoms with E-state index < -0.39 is 20.1 Å². The number of rotatable bonds is 7. The van der Waals surface area contributed by atoms with E-state index in [9.17, 15) is 9.59 Å². The van der Waals surface area contributed by atoms with Gasteiger partial charge in [0.15, 0.2) is 0 Å². The highest BCUT2D eigenvalue weighted by Gasteiger charge is 2.21. The van der Waals surface area contributed by atoms with Crippen molar-refractivity contribution in [3.05, 3.63) is 48.0 Å². The Morgan fingerprint density at radius 3 is 2.41 bits per heavy atom. The van der Waals surface area contributed by atoms with Crippen molar-refractivity contribution < 1.29 is 14.3 Å². The van der Waals surface area contributed by atoms with Crippen molar-refractivity contribution in [3.8, 4) is 0 Å². The van der Waals surface area contributed by atoms with Crippen LogP contribution < -0.4 is 5.32 Å². The quantitative estimate of drug-likeness (QED) is 0.478. The Morgan fingerprint density at radius 1 is 1.23 bits per heavy atom. The summed E-state index contributed by atoms with van der Waals surface area (Å²) in [7, 11) is 0.115. The molecule has 22 heavy (non-hydrogen) atoms. The molecule has 1 rings (SSSR count). The zero-order valence-corrected chi connectivity index (χ0v) is 14.8. The minimum Gasteiger partial charge on any atom is -0.467 e. The molecule has 1 aromatic carbocycles. The number of carbonyl (C=O) groups excluding carboxylic acids is 2. The van der Waals surface area contributed by atoms with Crippen molar-refractivity contribution in [3.63, 3.8) is 0 Å². The normalized spacial score (nSPS) is 12.9. The fourth-order valence-corrected chi connectivity index (χ4v) is 2.75. The summed E-state index contributed by atoms with van der Waals surface area (Å²) >= 11 is 0. The van der Waals surface area contributed by atoms with Crippen LogP contribution in [-0.4, -0.2) is 33.1 Å². The van der Waals surface area contributed by atoms with E-state index in [1.54, 1.807) is 0 Å². The third-order valence-corrected chi connectivity index (χ3v) is 4.54. The molecule has 4 nitrogen and oxygen atoms in total. The summed E-state index contributed by atoms with van der Waals surface area (Å²) in [4.78, 5) is 23.8. The lowest BCUT2D eigenvalue weighted by atomic mass is 10.1. The number of carbonyl (C=O) groups is 2. The van der Waals surface area contributed by atoms with Gasteiger partial charge < -0.3 is 10.1 Å². The van der Waals surface area contributed by atoms with Gasteiger partial charge in [-0.3, -0.25) is 4.79 Å². The number of esters is 1. The maximum atomic E-state index is 12.0. The molecule has 0 saturated heterocycles. The van der Waals surface area contributed by atoms with Gasteiger partial charge in [-0.1, -0.05) is 56.0 Å². The molecule has 0 aliphatic rings. The van der Waals surface area contributed by atoms with E-state index in [1.807, 2.05) is 36.4 Å². The summed E-state index contributed by atoms with van der Waals surface area (Å²) < 4.78 is 4.77. The van der Waals surface area contributed by atoms with Crippen LogP contribution >= 0.6 is 0 Å². The molecule has 0 heterocycles. The second-order valence-corrected chi connectivity index (χ2v) is 12.0. The van der Waals surface area contributed by atoms with E-state index in [4.69, 9.17) is 4.74 Å². The molecule has 1 amide bonds. The number of methoxy groups -OCH3 is 1. The van der Waals surface area contributed by atoms with E-state index in [2.05, 4.69) is 25.0 Å². The zero-order valence-electron chi connectivity index (χ0n) is 13.8. The number of benzene rings is 1. The molecule has 0 bridgehead atoms. The molecule has 120 valence electrons. The van der Waals surface area contributed by atoms with Gasteiger partial charge >= 0.3 is 5.97 Å². The van der Waals surface area contributed by atoms with Crippen molar-refractivity contribution >= 4 is 20.0 Å². The fourth-order valence-electron chi connectivity index (χ4n) is 1.92. The topological polar surface area (TPSA) is 55.4 Å². The second-order valence-electron chi connectivity index (χ2n) is 6.44. The van der Waals surface area contributed by atoms with Crippen LogP contribution in [0.2, 0.25) is 25.7 Å². The van der Waals surface area contributed by atoms with Crippen LogP contribution in [0.4, 0.5) is 0 Å². The van der Waals surface area contributed by atoms with Crippen molar-refractivity contribution in [2.24, 2.45) is 0 Å². The Morgan fingerprint density at radius 2 is 1.86 bits per heavy atom. The van der Waals surface area contributed by atoms with Gasteiger partial charge in [-0.05, 0) is 17.7 Å². The number of nitrogens with one attached hydrogen (secondary N) is 1. The van der Waals surface area contributed by atoms with Crippen LogP contribution in [0.25, 0.3) is 0 Å². The van der Waals surface area contributed by atoms with Crippen molar-refractivity contribution in [2.75, 3.05) is 7.11 Å². The van der Waals surface area contributed by atoms with Crippen LogP contribution in [0.5, 0.6) is 0 Å². The smallest absolute Gasteiger partial charge is 0.328 e. The molecule has 0 aliphatic heterocycles. The van der Waals surface area contributed by atoms with Gasteiger partial charge in [-0.25, -0.2) is 4.79 Å². The lowest BCUT2D eigenvalue weighted by molar-refractivity contribution is -0.144. The summed E-state index contributed by atoms with van der Waals surface area (Å²) in [6.45, 7) is 6.71. The average molecular weight is 319 g/mol. The Kier molecular flexibility index (Phi) is 7.05. The van der Waals surface area contributed by atoms with E-state index in [1.165, 1.54) is 13.2 Å². The second kappa shape index (κ2) is 8.53. The minimum absolute atomic E-state index is 0.260. The summed E-state index contributed by atoms with van der Waals surface area (Å²) in [5.74, 6) is -0.694. The molecule has 0 radical (unpaired) electrons. The third-order valence-electron chi connectivity index (χ3n) is 3.08. The summed E-state index contributed by atoms with van der Waals surface area (Å²) in [5, 5.41) is 2.72. The third kappa shape index (κ3) is 7.22. The number of amides is 1. The molecular weight excluding hydrogens is 294 g/mol. The van der Waals surface area contributed by atoms with Crippen molar-refractivity contribution in [2.45, 2.75) is 38.1 Å². The molecule has 0 aromatic heterocycles. The van der Waals surface area contributed by atoms with Crippen LogP contribution in [0.3, 0.4) is 0 Å². The van der Waals surface area contributed by atoms with E-state index in [0.29, 0.717) is 6.42 Å². The molecule has 0 spiro atoms. The largest absolute Gasteiger partial charge is 0.467 e. The first-order chi connectivity index (χ1) is 10.3. The average Bonchev–Trinajstić information content (AvgIpc) is 2.45. The predicted molar refractivity (Wildman–Crippen MR) is 91.4 cm³/mol. The molecule has 0 aliphatic carbocycles. The maximum Gasteiger partial charge on any atom is 0.328 e. The van der Waals surface area contributed by atoms with Gasteiger partial charge in [-0.15, -0.1) is 0 Å². The molecule has 1 atom stereocenters. The van der Waals surface area contributed by atoms with E-state index in [0.717, 1.165) is 11.6 Å². The van der Waals surface area contributed by atoms with Crippen LogP contribution in [0, 0.1) is 0 Å². The van der Waals surface area contributed by atoms with Gasteiger partial charge in [0.1, 0.15) is 6.04 Å². The number of hydrogen-bond acceptors (Lipinski definition) is 3. The van der Waals surface area contributed by atoms with Crippen LogP contribution in [0.1, 0.15) is 5.56 Å². The van der Waals surface area contributed by atoms with Crippen molar-refractivity contribution in [1.82, 2.24) is 5.32 Å². The molecular formula is C17H25NO3Si. The summed E-state index contributed by atoms with van der Waals surface area (Å²) in [6, 6.07) is 9.82. The van der Waals surface area contributed by atoms with Gasteiger partial charge in [0.05, 0.1) is 7.11 Å². The highest BCUT2D eigenvalue weighted by atomic mass is 28.3. The first-order valence-corrected chi connectivity index (χ1v) is 11.1. The van der Waals surface area contributed by atoms with Gasteiger partial charge in [-0.2, -0.15) is 0 Å². The lowest BCUT2D eigenvalue weighted by Crippen LogP contribution is -2.42. The first-order valence-electron chi connectivity index (χ1n) is 7.40. The summed E-state index contributed by atoms with van der Waals surface area (Å²) in [5.41, 5.74) is 0.976. The van der Waals surface area contributed by atoms with Gasteiger partial charge in [0.25, 0.3) is 0 Å². The Balaban J connectivity index is 2.65. The van der Waals surface area contributed by atoms with Crippen molar-refractivity contribution in [1.29, 1.82) is 0 Å². The highest BCUT2D eigenvalue weighted by molar-refractivity contribution is 6.76. The first kappa shape index (κ1) is 18.2. The monoisotopic (exact) mass is 319 g/mol. The summed E-state index contributed by atoms with van der Waals surface area (Å²) in [6.07, 6.45) is 3.82. The van der Waals surface area contributed by atoms with Crippen LogP contribution in [-0.2, 0) is 20.7 Å².